The van der Waals surface area contributed by atoms with Gasteiger partial charge in [-0.1, -0.05) is 0 Å². The standard InChI is InChI=1S/C15H16N2O3/c1-19-9-10-20-14-6-4-13(5-7-14)17-15(18)12-3-2-8-16-11-12/h2-8,11H,9-10H2,1H3,(H,17,18). The third-order valence-electron chi connectivity index (χ3n) is 2.59. The molecule has 0 saturated carbocycles. The van der Waals surface area contributed by atoms with Gasteiger partial charge in [0.25, 0.3) is 5.91 Å². The number of nitrogens with one attached hydrogen (secondary N) is 1. The van der Waals surface area contributed by atoms with E-state index in [9.17, 15) is 4.79 Å². The molecular formula is C15H16N2O3. The zero-order valence-electron chi connectivity index (χ0n) is 11.2. The highest BCUT2D eigenvalue weighted by atomic mass is 16.5. The van der Waals surface area contributed by atoms with Crippen molar-refractivity contribution < 1.29 is 14.3 Å². The van der Waals surface area contributed by atoms with Gasteiger partial charge in [-0.05, 0) is 36.4 Å². The van der Waals surface area contributed by atoms with Gasteiger partial charge in [-0.3, -0.25) is 9.78 Å². The number of rotatable bonds is 6. The number of amides is 1. The Labute approximate surface area is 117 Å². The number of carbonyl (C=O) groups is 1. The van der Waals surface area contributed by atoms with Gasteiger partial charge in [0.2, 0.25) is 0 Å². The lowest BCUT2D eigenvalue weighted by molar-refractivity contribution is 0.102. The van der Waals surface area contributed by atoms with Crippen molar-refractivity contribution in [3.05, 3.63) is 54.4 Å². The lowest BCUT2D eigenvalue weighted by atomic mass is 10.2. The molecule has 1 aromatic carbocycles. The Morgan fingerprint density at radius 1 is 1.20 bits per heavy atom. The highest BCUT2D eigenvalue weighted by Crippen LogP contribution is 2.16. The van der Waals surface area contributed by atoms with Crippen molar-refractivity contribution in [2.45, 2.75) is 0 Å². The third kappa shape index (κ3) is 4.07. The van der Waals surface area contributed by atoms with E-state index in [0.717, 1.165) is 5.75 Å². The van der Waals surface area contributed by atoms with Gasteiger partial charge in [0.1, 0.15) is 12.4 Å². The van der Waals surface area contributed by atoms with Crippen LogP contribution in [0.4, 0.5) is 5.69 Å². The molecule has 0 aliphatic rings. The fourth-order valence-corrected chi connectivity index (χ4v) is 1.58. The van der Waals surface area contributed by atoms with Crippen LogP contribution in [0, 0.1) is 0 Å². The summed E-state index contributed by atoms with van der Waals surface area (Å²) in [6.07, 6.45) is 3.15. The van der Waals surface area contributed by atoms with Crippen molar-refractivity contribution in [3.8, 4) is 5.75 Å². The number of nitrogens with zero attached hydrogens (tertiary/aromatic N) is 1. The summed E-state index contributed by atoms with van der Waals surface area (Å²) in [4.78, 5) is 15.8. The average molecular weight is 272 g/mol. The van der Waals surface area contributed by atoms with Crippen molar-refractivity contribution in [1.29, 1.82) is 0 Å². The van der Waals surface area contributed by atoms with Crippen LogP contribution in [0.5, 0.6) is 5.75 Å². The van der Waals surface area contributed by atoms with Crippen LogP contribution >= 0.6 is 0 Å². The van der Waals surface area contributed by atoms with Crippen molar-refractivity contribution in [2.24, 2.45) is 0 Å². The second-order valence-electron chi connectivity index (χ2n) is 4.06. The number of carbonyl (C=O) groups excluding carboxylic acids is 1. The molecule has 1 amide bonds. The Kier molecular flexibility index (Phi) is 5.08. The van der Waals surface area contributed by atoms with Crippen molar-refractivity contribution in [3.63, 3.8) is 0 Å². The van der Waals surface area contributed by atoms with E-state index in [-0.39, 0.29) is 5.91 Å². The molecule has 2 rings (SSSR count). The smallest absolute Gasteiger partial charge is 0.257 e. The van der Waals surface area contributed by atoms with Gasteiger partial charge >= 0.3 is 0 Å². The molecule has 0 spiro atoms. The Balaban J connectivity index is 1.92. The number of benzene rings is 1. The van der Waals surface area contributed by atoms with E-state index in [1.54, 1.807) is 49.7 Å². The van der Waals surface area contributed by atoms with E-state index < -0.39 is 0 Å². The SMILES string of the molecule is COCCOc1ccc(NC(=O)c2cccnc2)cc1. The highest BCUT2D eigenvalue weighted by molar-refractivity contribution is 6.04. The molecule has 0 fully saturated rings. The van der Waals surface area contributed by atoms with Crippen LogP contribution in [0.15, 0.2) is 48.8 Å². The van der Waals surface area contributed by atoms with Crippen LogP contribution in [-0.2, 0) is 4.74 Å². The molecule has 0 atom stereocenters. The van der Waals surface area contributed by atoms with Crippen LogP contribution in [-0.4, -0.2) is 31.2 Å². The third-order valence-corrected chi connectivity index (χ3v) is 2.59. The number of hydrogen-bond acceptors (Lipinski definition) is 4. The Bertz CT molecular complexity index is 541. The summed E-state index contributed by atoms with van der Waals surface area (Å²) in [6.45, 7) is 1.04. The molecule has 1 aromatic heterocycles. The maximum absolute atomic E-state index is 11.9. The van der Waals surface area contributed by atoms with Crippen molar-refractivity contribution >= 4 is 11.6 Å². The maximum Gasteiger partial charge on any atom is 0.257 e. The minimum atomic E-state index is -0.189. The van der Waals surface area contributed by atoms with Crippen LogP contribution in [0.1, 0.15) is 10.4 Å². The minimum Gasteiger partial charge on any atom is -0.491 e. The fraction of sp³-hybridized carbons (Fsp3) is 0.200. The summed E-state index contributed by atoms with van der Waals surface area (Å²) in [5, 5.41) is 2.79. The molecule has 2 aromatic rings. The topological polar surface area (TPSA) is 60.5 Å². The monoisotopic (exact) mass is 272 g/mol. The van der Waals surface area contributed by atoms with E-state index in [2.05, 4.69) is 10.3 Å². The lowest BCUT2D eigenvalue weighted by Crippen LogP contribution is -2.12. The number of anilines is 1. The second kappa shape index (κ2) is 7.25. The Morgan fingerprint density at radius 3 is 2.65 bits per heavy atom. The fourth-order valence-electron chi connectivity index (χ4n) is 1.58. The van der Waals surface area contributed by atoms with Gasteiger partial charge in [-0.2, -0.15) is 0 Å². The van der Waals surface area contributed by atoms with E-state index in [1.807, 2.05) is 0 Å². The summed E-state index contributed by atoms with van der Waals surface area (Å²) in [5.74, 6) is 0.549. The molecule has 1 heterocycles. The first-order valence-electron chi connectivity index (χ1n) is 6.23. The number of methoxy groups -OCH3 is 1. The molecule has 0 saturated heterocycles. The molecule has 0 aliphatic heterocycles. The van der Waals surface area contributed by atoms with E-state index >= 15 is 0 Å². The summed E-state index contributed by atoms with van der Waals surface area (Å²) < 4.78 is 10.3. The first-order valence-corrected chi connectivity index (χ1v) is 6.23. The number of ether oxygens (including phenoxy) is 2. The summed E-state index contributed by atoms with van der Waals surface area (Å²) >= 11 is 0. The molecule has 1 N–H and O–H groups in total. The number of hydrogen-bond donors (Lipinski definition) is 1. The lowest BCUT2D eigenvalue weighted by Gasteiger charge is -2.08. The van der Waals surface area contributed by atoms with Gasteiger partial charge in [-0.25, -0.2) is 0 Å². The molecule has 0 aliphatic carbocycles. The van der Waals surface area contributed by atoms with Gasteiger partial charge in [0.05, 0.1) is 12.2 Å². The van der Waals surface area contributed by atoms with E-state index in [4.69, 9.17) is 9.47 Å². The molecule has 5 heteroatoms. The summed E-state index contributed by atoms with van der Waals surface area (Å²) in [6, 6.07) is 10.6. The highest BCUT2D eigenvalue weighted by Gasteiger charge is 2.05. The first kappa shape index (κ1) is 14.0. The minimum absolute atomic E-state index is 0.189. The Hall–Kier alpha value is -2.40. The van der Waals surface area contributed by atoms with E-state index in [0.29, 0.717) is 24.5 Å². The molecule has 20 heavy (non-hydrogen) atoms. The van der Waals surface area contributed by atoms with Crippen molar-refractivity contribution in [2.75, 3.05) is 25.6 Å². The normalized spacial score (nSPS) is 10.1. The van der Waals surface area contributed by atoms with Gasteiger partial charge in [0.15, 0.2) is 0 Å². The van der Waals surface area contributed by atoms with Crippen LogP contribution in [0.2, 0.25) is 0 Å². The average Bonchev–Trinajstić information content (AvgIpc) is 2.50. The molecular weight excluding hydrogens is 256 g/mol. The molecule has 0 radical (unpaired) electrons. The molecule has 0 bridgehead atoms. The number of pyridine rings is 1. The van der Waals surface area contributed by atoms with Gasteiger partial charge in [0, 0.05) is 25.2 Å². The first-order chi connectivity index (χ1) is 9.79. The molecule has 0 unspecified atom stereocenters. The Morgan fingerprint density at radius 2 is 2.00 bits per heavy atom. The van der Waals surface area contributed by atoms with Crippen molar-refractivity contribution in [1.82, 2.24) is 4.98 Å². The van der Waals surface area contributed by atoms with Crippen LogP contribution in [0.25, 0.3) is 0 Å². The second-order valence-corrected chi connectivity index (χ2v) is 4.06. The largest absolute Gasteiger partial charge is 0.491 e. The zero-order chi connectivity index (χ0) is 14.2. The van der Waals surface area contributed by atoms with Crippen LogP contribution in [0.3, 0.4) is 0 Å². The maximum atomic E-state index is 11.9. The predicted octanol–water partition coefficient (Wildman–Crippen LogP) is 2.36. The zero-order valence-corrected chi connectivity index (χ0v) is 11.2. The number of aromatic nitrogens is 1. The predicted molar refractivity (Wildman–Crippen MR) is 76.0 cm³/mol. The van der Waals surface area contributed by atoms with E-state index in [1.165, 1.54) is 6.20 Å². The summed E-state index contributed by atoms with van der Waals surface area (Å²) in [5.41, 5.74) is 1.23. The summed E-state index contributed by atoms with van der Waals surface area (Å²) in [7, 11) is 1.63. The van der Waals surface area contributed by atoms with Gasteiger partial charge < -0.3 is 14.8 Å². The molecule has 5 nitrogen and oxygen atoms in total. The molecule has 104 valence electrons. The van der Waals surface area contributed by atoms with Gasteiger partial charge in [-0.15, -0.1) is 0 Å². The van der Waals surface area contributed by atoms with Crippen LogP contribution < -0.4 is 10.1 Å². The quantitative estimate of drug-likeness (QED) is 0.820.